The maximum atomic E-state index is 13.5. The fourth-order valence-electron chi connectivity index (χ4n) is 4.88. The number of benzene rings is 2. The van der Waals surface area contributed by atoms with Crippen molar-refractivity contribution in [3.63, 3.8) is 0 Å². The first kappa shape index (κ1) is 21.7. The van der Waals surface area contributed by atoms with Crippen LogP contribution in [0.25, 0.3) is 0 Å². The summed E-state index contributed by atoms with van der Waals surface area (Å²) in [6, 6.07) is 11.0. The van der Waals surface area contributed by atoms with E-state index in [9.17, 15) is 9.59 Å². The van der Waals surface area contributed by atoms with Gasteiger partial charge in [0.2, 0.25) is 11.8 Å². The first-order valence-corrected chi connectivity index (χ1v) is 11.0. The Morgan fingerprint density at radius 3 is 2.65 bits per heavy atom. The molecule has 3 atom stereocenters. The van der Waals surface area contributed by atoms with E-state index in [4.69, 9.17) is 16.3 Å². The molecule has 2 aromatic carbocycles. The Hall–Kier alpha value is -2.57. The number of halogens is 1. The Bertz CT molecular complexity index is 1020. The lowest BCUT2D eigenvalue weighted by Gasteiger charge is -2.29. The van der Waals surface area contributed by atoms with Crippen LogP contribution in [-0.4, -0.2) is 25.0 Å². The van der Waals surface area contributed by atoms with Crippen LogP contribution in [0, 0.1) is 18.8 Å². The van der Waals surface area contributed by atoms with Crippen molar-refractivity contribution in [3.8, 4) is 5.75 Å². The number of ether oxygens (including phenoxy) is 1. The Labute approximate surface area is 187 Å². The number of carbonyl (C=O) groups excluding carboxylic acids is 2. The Morgan fingerprint density at radius 2 is 2.00 bits per heavy atom. The molecule has 0 saturated carbocycles. The monoisotopic (exact) mass is 441 g/mol. The highest BCUT2D eigenvalue weighted by Gasteiger charge is 2.60. The number of nitrogens with one attached hydrogen (secondary N) is 3. The number of hydrogen-bond donors (Lipinski definition) is 3. The normalized spacial score (nSPS) is 24.4. The molecule has 2 amide bonds. The highest BCUT2D eigenvalue weighted by atomic mass is 35.5. The summed E-state index contributed by atoms with van der Waals surface area (Å²) in [5.41, 5.74) is 1.82. The molecule has 0 radical (unpaired) electrons. The second-order valence-corrected chi connectivity index (χ2v) is 9.32. The molecule has 2 heterocycles. The summed E-state index contributed by atoms with van der Waals surface area (Å²) in [6.45, 7) is 6.22. The largest absolute Gasteiger partial charge is 0.497 e. The molecule has 0 bridgehead atoms. The van der Waals surface area contributed by atoms with Crippen LogP contribution in [0.1, 0.15) is 37.8 Å². The maximum absolute atomic E-state index is 13.5. The second-order valence-electron chi connectivity index (χ2n) is 8.91. The van der Waals surface area contributed by atoms with E-state index in [1.165, 1.54) is 0 Å². The third-order valence-electron chi connectivity index (χ3n) is 6.16. The van der Waals surface area contributed by atoms with Gasteiger partial charge in [0.1, 0.15) is 11.3 Å². The van der Waals surface area contributed by atoms with Gasteiger partial charge in [0, 0.05) is 17.3 Å². The molecule has 0 aromatic heterocycles. The van der Waals surface area contributed by atoms with E-state index in [0.29, 0.717) is 34.5 Å². The fraction of sp³-hybridized carbons (Fsp3) is 0.417. The zero-order valence-electron chi connectivity index (χ0n) is 18.2. The molecule has 31 heavy (non-hydrogen) atoms. The van der Waals surface area contributed by atoms with E-state index in [1.807, 2.05) is 19.1 Å². The zero-order chi connectivity index (χ0) is 22.3. The lowest BCUT2D eigenvalue weighted by atomic mass is 9.79. The van der Waals surface area contributed by atoms with E-state index in [-0.39, 0.29) is 17.9 Å². The number of fused-ring (bicyclic) bond motifs is 2. The zero-order valence-corrected chi connectivity index (χ0v) is 19.0. The summed E-state index contributed by atoms with van der Waals surface area (Å²) in [4.78, 5) is 26.9. The van der Waals surface area contributed by atoms with Crippen LogP contribution in [0.5, 0.6) is 5.75 Å². The second kappa shape index (κ2) is 8.17. The van der Waals surface area contributed by atoms with Crippen molar-refractivity contribution in [3.05, 3.63) is 52.5 Å². The van der Waals surface area contributed by atoms with E-state index in [2.05, 4.69) is 29.8 Å². The summed E-state index contributed by atoms with van der Waals surface area (Å²) < 4.78 is 5.19. The summed E-state index contributed by atoms with van der Waals surface area (Å²) >= 11 is 6.45. The van der Waals surface area contributed by atoms with Gasteiger partial charge in [0.05, 0.1) is 23.7 Å². The van der Waals surface area contributed by atoms with Gasteiger partial charge in [-0.25, -0.2) is 0 Å². The van der Waals surface area contributed by atoms with E-state index < -0.39 is 11.5 Å². The molecule has 1 spiro atoms. The Balaban J connectivity index is 1.72. The topological polar surface area (TPSA) is 79.5 Å². The lowest BCUT2D eigenvalue weighted by molar-refractivity contribution is -0.130. The molecule has 1 fully saturated rings. The van der Waals surface area contributed by atoms with Crippen LogP contribution in [0.4, 0.5) is 11.4 Å². The molecule has 0 aliphatic carbocycles. The minimum absolute atomic E-state index is 0.0441. The highest BCUT2D eigenvalue weighted by Crippen LogP contribution is 2.50. The van der Waals surface area contributed by atoms with Gasteiger partial charge in [-0.15, -0.1) is 0 Å². The van der Waals surface area contributed by atoms with Crippen LogP contribution in [-0.2, 0) is 15.1 Å². The number of methoxy groups -OCH3 is 1. The van der Waals surface area contributed by atoms with Gasteiger partial charge in [0.25, 0.3) is 0 Å². The standard InChI is InChI=1S/C24H28ClN3O3/c1-13(2)9-16-12-19(22(29)26-15-5-7-17(31-4)8-6-15)24(28-16)18-10-14(3)11-20(25)21(18)27-23(24)30/h5-8,10-11,13,16,19,28H,9,12H2,1-4H3,(H,26,29)(H,27,30)/t16-,19+,24+/m0/s1. The smallest absolute Gasteiger partial charge is 0.250 e. The van der Waals surface area contributed by atoms with Crippen molar-refractivity contribution < 1.29 is 14.3 Å². The molecule has 2 aliphatic rings. The van der Waals surface area contributed by atoms with Gasteiger partial charge in [0.15, 0.2) is 0 Å². The third kappa shape index (κ3) is 3.79. The Kier molecular flexibility index (Phi) is 5.71. The summed E-state index contributed by atoms with van der Waals surface area (Å²) in [5.74, 6) is 0.157. The lowest BCUT2D eigenvalue weighted by Crippen LogP contribution is -2.52. The van der Waals surface area contributed by atoms with Gasteiger partial charge in [-0.1, -0.05) is 31.5 Å². The molecule has 3 N–H and O–H groups in total. The van der Waals surface area contributed by atoms with Crippen molar-refractivity contribution in [2.45, 2.75) is 45.2 Å². The van der Waals surface area contributed by atoms with Gasteiger partial charge in [-0.3, -0.25) is 14.9 Å². The first-order chi connectivity index (χ1) is 14.7. The molecule has 4 rings (SSSR count). The van der Waals surface area contributed by atoms with Crippen molar-refractivity contribution in [2.24, 2.45) is 11.8 Å². The predicted octanol–water partition coefficient (Wildman–Crippen LogP) is 4.47. The predicted molar refractivity (Wildman–Crippen MR) is 123 cm³/mol. The number of rotatable bonds is 5. The summed E-state index contributed by atoms with van der Waals surface area (Å²) in [7, 11) is 1.60. The quantitative estimate of drug-likeness (QED) is 0.639. The minimum Gasteiger partial charge on any atom is -0.497 e. The number of anilines is 2. The molecule has 7 heteroatoms. The minimum atomic E-state index is -1.14. The molecule has 2 aromatic rings. The summed E-state index contributed by atoms with van der Waals surface area (Å²) in [5, 5.41) is 9.96. The molecular formula is C24H28ClN3O3. The fourth-order valence-corrected chi connectivity index (χ4v) is 5.20. The highest BCUT2D eigenvalue weighted by molar-refractivity contribution is 6.35. The average Bonchev–Trinajstić information content (AvgIpc) is 3.22. The number of hydrogen-bond acceptors (Lipinski definition) is 4. The van der Waals surface area contributed by atoms with Crippen LogP contribution >= 0.6 is 11.6 Å². The first-order valence-electron chi connectivity index (χ1n) is 10.6. The average molecular weight is 442 g/mol. The molecule has 0 unspecified atom stereocenters. The van der Waals surface area contributed by atoms with Gasteiger partial charge in [-0.05, 0) is 61.6 Å². The summed E-state index contributed by atoms with van der Waals surface area (Å²) in [6.07, 6.45) is 1.44. The van der Waals surface area contributed by atoms with Crippen LogP contribution in [0.3, 0.4) is 0 Å². The van der Waals surface area contributed by atoms with E-state index in [0.717, 1.165) is 17.5 Å². The number of carbonyl (C=O) groups is 2. The molecule has 2 aliphatic heterocycles. The van der Waals surface area contributed by atoms with Crippen molar-refractivity contribution in [2.75, 3.05) is 17.7 Å². The van der Waals surface area contributed by atoms with Crippen LogP contribution < -0.4 is 20.7 Å². The molecule has 6 nitrogen and oxygen atoms in total. The number of aryl methyl sites for hydroxylation is 1. The van der Waals surface area contributed by atoms with E-state index in [1.54, 1.807) is 31.4 Å². The SMILES string of the molecule is COc1ccc(NC(=O)[C@H]2C[C@H](CC(C)C)N[C@@]23C(=O)Nc2c(Cl)cc(C)cc23)cc1. The maximum Gasteiger partial charge on any atom is 0.250 e. The molecular weight excluding hydrogens is 414 g/mol. The van der Waals surface area contributed by atoms with E-state index >= 15 is 0 Å². The van der Waals surface area contributed by atoms with Gasteiger partial charge in [-0.2, -0.15) is 0 Å². The van der Waals surface area contributed by atoms with Gasteiger partial charge >= 0.3 is 0 Å². The molecule has 1 saturated heterocycles. The third-order valence-corrected chi connectivity index (χ3v) is 6.46. The molecule has 164 valence electrons. The van der Waals surface area contributed by atoms with Crippen LogP contribution in [0.15, 0.2) is 36.4 Å². The number of amides is 2. The van der Waals surface area contributed by atoms with Crippen molar-refractivity contribution >= 4 is 34.8 Å². The van der Waals surface area contributed by atoms with Gasteiger partial charge < -0.3 is 15.4 Å². The van der Waals surface area contributed by atoms with Crippen molar-refractivity contribution in [1.82, 2.24) is 5.32 Å². The Morgan fingerprint density at radius 1 is 1.29 bits per heavy atom. The van der Waals surface area contributed by atoms with Crippen molar-refractivity contribution in [1.29, 1.82) is 0 Å². The van der Waals surface area contributed by atoms with Crippen LogP contribution in [0.2, 0.25) is 5.02 Å².